The van der Waals surface area contributed by atoms with Crippen molar-refractivity contribution in [1.29, 1.82) is 0 Å². The maximum Gasteiger partial charge on any atom is 0.173 e. The van der Waals surface area contributed by atoms with E-state index in [0.29, 0.717) is 34.2 Å². The van der Waals surface area contributed by atoms with Gasteiger partial charge in [-0.1, -0.05) is 6.07 Å². The molecule has 0 saturated carbocycles. The number of anilines is 4. The number of benzene rings is 2. The van der Waals surface area contributed by atoms with Gasteiger partial charge in [-0.3, -0.25) is 0 Å². The van der Waals surface area contributed by atoms with Gasteiger partial charge in [0, 0.05) is 11.8 Å². The predicted molar refractivity (Wildman–Crippen MR) is 70.6 cm³/mol. The molecule has 8 N–H and O–H groups in total. The Morgan fingerprint density at radius 3 is 2.06 bits per heavy atom. The van der Waals surface area contributed by atoms with E-state index in [1.807, 2.05) is 0 Å². The summed E-state index contributed by atoms with van der Waals surface area (Å²) < 4.78 is 5.60. The molecule has 2 rings (SSSR count). The van der Waals surface area contributed by atoms with Gasteiger partial charge in [-0.2, -0.15) is 0 Å². The number of rotatable bonds is 2. The molecule has 0 fully saturated rings. The first-order chi connectivity index (χ1) is 8.08. The Labute approximate surface area is 99.0 Å². The van der Waals surface area contributed by atoms with Gasteiger partial charge in [0.05, 0.1) is 17.1 Å². The van der Waals surface area contributed by atoms with Crippen LogP contribution in [0.15, 0.2) is 36.4 Å². The predicted octanol–water partition coefficient (Wildman–Crippen LogP) is 1.81. The van der Waals surface area contributed by atoms with Crippen molar-refractivity contribution >= 4 is 22.7 Å². The number of hydrogen-bond donors (Lipinski definition) is 4. The van der Waals surface area contributed by atoms with E-state index in [1.54, 1.807) is 36.4 Å². The highest BCUT2D eigenvalue weighted by Gasteiger charge is 2.08. The second-order valence-corrected chi connectivity index (χ2v) is 3.66. The minimum absolute atomic E-state index is 0.393. The van der Waals surface area contributed by atoms with Gasteiger partial charge in [0.1, 0.15) is 0 Å². The average Bonchev–Trinajstić information content (AvgIpc) is 2.28. The highest BCUT2D eigenvalue weighted by Crippen LogP contribution is 2.36. The number of ether oxygens (including phenoxy) is 1. The Morgan fingerprint density at radius 2 is 1.41 bits per heavy atom. The zero-order valence-corrected chi connectivity index (χ0v) is 9.18. The monoisotopic (exact) mass is 230 g/mol. The van der Waals surface area contributed by atoms with Crippen LogP contribution in [0.25, 0.3) is 0 Å². The van der Waals surface area contributed by atoms with Gasteiger partial charge in [0.15, 0.2) is 11.5 Å². The van der Waals surface area contributed by atoms with Crippen LogP contribution < -0.4 is 27.7 Å². The molecule has 0 saturated heterocycles. The third-order valence-corrected chi connectivity index (χ3v) is 2.33. The largest absolute Gasteiger partial charge is 0.451 e. The van der Waals surface area contributed by atoms with E-state index in [4.69, 9.17) is 27.7 Å². The van der Waals surface area contributed by atoms with Crippen LogP contribution in [0.1, 0.15) is 0 Å². The van der Waals surface area contributed by atoms with E-state index in [1.165, 1.54) is 0 Å². The fraction of sp³-hybridized carbons (Fsp3) is 0. The van der Waals surface area contributed by atoms with Crippen molar-refractivity contribution in [2.24, 2.45) is 0 Å². The van der Waals surface area contributed by atoms with E-state index < -0.39 is 0 Å². The molecule has 0 aliphatic carbocycles. The molecule has 5 nitrogen and oxygen atoms in total. The molecule has 0 bridgehead atoms. The quantitative estimate of drug-likeness (QED) is 0.587. The summed E-state index contributed by atoms with van der Waals surface area (Å²) in [4.78, 5) is 0. The molecule has 88 valence electrons. The summed E-state index contributed by atoms with van der Waals surface area (Å²) in [6.45, 7) is 0. The molecule has 0 aromatic heterocycles. The van der Waals surface area contributed by atoms with Crippen molar-refractivity contribution in [3.05, 3.63) is 36.4 Å². The fourth-order valence-corrected chi connectivity index (χ4v) is 1.44. The van der Waals surface area contributed by atoms with E-state index in [2.05, 4.69) is 0 Å². The summed E-state index contributed by atoms with van der Waals surface area (Å²) in [5.74, 6) is 0.833. The molecule has 0 unspecified atom stereocenters. The van der Waals surface area contributed by atoms with E-state index in [9.17, 15) is 0 Å². The minimum Gasteiger partial charge on any atom is -0.451 e. The molecular formula is C12H14N4O. The Bertz CT molecular complexity index is 534. The van der Waals surface area contributed by atoms with E-state index in [0.717, 1.165) is 0 Å². The first-order valence-corrected chi connectivity index (χ1v) is 5.04. The van der Waals surface area contributed by atoms with E-state index >= 15 is 0 Å². The zero-order valence-electron chi connectivity index (χ0n) is 9.18. The van der Waals surface area contributed by atoms with E-state index in [-0.39, 0.29) is 0 Å². The Morgan fingerprint density at radius 1 is 0.765 bits per heavy atom. The van der Waals surface area contributed by atoms with Crippen molar-refractivity contribution in [3.63, 3.8) is 0 Å². The van der Waals surface area contributed by atoms with Crippen LogP contribution in [-0.4, -0.2) is 0 Å². The molecule has 0 atom stereocenters. The van der Waals surface area contributed by atoms with Gasteiger partial charge < -0.3 is 27.7 Å². The van der Waals surface area contributed by atoms with Gasteiger partial charge in [-0.25, -0.2) is 0 Å². The van der Waals surface area contributed by atoms with Crippen LogP contribution in [0.5, 0.6) is 11.5 Å². The van der Waals surface area contributed by atoms with Crippen LogP contribution in [0.4, 0.5) is 22.7 Å². The Kier molecular flexibility index (Phi) is 2.66. The van der Waals surface area contributed by atoms with Gasteiger partial charge in [0.25, 0.3) is 0 Å². The summed E-state index contributed by atoms with van der Waals surface area (Å²) >= 11 is 0. The van der Waals surface area contributed by atoms with Gasteiger partial charge in [0.2, 0.25) is 0 Å². The van der Waals surface area contributed by atoms with Crippen LogP contribution >= 0.6 is 0 Å². The van der Waals surface area contributed by atoms with Gasteiger partial charge >= 0.3 is 0 Å². The Hall–Kier alpha value is -2.56. The summed E-state index contributed by atoms with van der Waals surface area (Å²) in [7, 11) is 0. The van der Waals surface area contributed by atoms with Crippen molar-refractivity contribution in [3.8, 4) is 11.5 Å². The summed E-state index contributed by atoms with van der Waals surface area (Å²) in [6.07, 6.45) is 0. The molecule has 0 amide bonds. The van der Waals surface area contributed by atoms with Crippen molar-refractivity contribution in [1.82, 2.24) is 0 Å². The molecule has 0 aliphatic heterocycles. The highest BCUT2D eigenvalue weighted by atomic mass is 16.5. The number of nitrogens with two attached hydrogens (primary N) is 4. The van der Waals surface area contributed by atoms with Gasteiger partial charge in [-0.05, 0) is 24.3 Å². The van der Waals surface area contributed by atoms with Crippen LogP contribution in [0.2, 0.25) is 0 Å². The molecular weight excluding hydrogens is 216 g/mol. The first-order valence-electron chi connectivity index (χ1n) is 5.04. The molecule has 2 aromatic carbocycles. The van der Waals surface area contributed by atoms with Crippen molar-refractivity contribution < 1.29 is 4.74 Å². The second kappa shape index (κ2) is 4.13. The molecule has 17 heavy (non-hydrogen) atoms. The Balaban J connectivity index is 2.41. The first kappa shape index (κ1) is 10.9. The topological polar surface area (TPSA) is 113 Å². The SMILES string of the molecule is Nc1ccc(N)c(Oc2c(N)cccc2N)c1. The maximum absolute atomic E-state index is 5.78. The van der Waals surface area contributed by atoms with Crippen LogP contribution in [-0.2, 0) is 0 Å². The molecule has 0 heterocycles. The van der Waals surface area contributed by atoms with Gasteiger partial charge in [-0.15, -0.1) is 0 Å². The lowest BCUT2D eigenvalue weighted by atomic mass is 10.2. The number of nitrogen functional groups attached to an aromatic ring is 4. The van der Waals surface area contributed by atoms with Crippen molar-refractivity contribution in [2.75, 3.05) is 22.9 Å². The van der Waals surface area contributed by atoms with Crippen molar-refractivity contribution in [2.45, 2.75) is 0 Å². The average molecular weight is 230 g/mol. The lowest BCUT2D eigenvalue weighted by Gasteiger charge is -2.12. The molecule has 0 radical (unpaired) electrons. The third-order valence-electron chi connectivity index (χ3n) is 2.33. The molecule has 0 aliphatic rings. The standard InChI is InChI=1S/C12H14N4O/c13-7-4-5-8(14)11(6-7)17-12-9(15)2-1-3-10(12)16/h1-6H,13-16H2. The third kappa shape index (κ3) is 2.17. The van der Waals surface area contributed by atoms with Crippen LogP contribution in [0, 0.1) is 0 Å². The molecule has 2 aromatic rings. The highest BCUT2D eigenvalue weighted by molar-refractivity contribution is 5.70. The smallest absolute Gasteiger partial charge is 0.173 e. The number of hydrogen-bond acceptors (Lipinski definition) is 5. The second-order valence-electron chi connectivity index (χ2n) is 3.66. The lowest BCUT2D eigenvalue weighted by Crippen LogP contribution is -1.99. The molecule has 5 heteroatoms. The summed E-state index contributed by atoms with van der Waals surface area (Å²) in [5.41, 5.74) is 24.9. The summed E-state index contributed by atoms with van der Waals surface area (Å²) in [5, 5.41) is 0. The molecule has 0 spiro atoms. The fourth-order valence-electron chi connectivity index (χ4n) is 1.44. The normalized spacial score (nSPS) is 10.1. The zero-order chi connectivity index (χ0) is 12.4. The lowest BCUT2D eigenvalue weighted by molar-refractivity contribution is 0.490. The minimum atomic E-state index is 0.393. The summed E-state index contributed by atoms with van der Waals surface area (Å²) in [6, 6.07) is 10.1. The van der Waals surface area contributed by atoms with Crippen LogP contribution in [0.3, 0.4) is 0 Å². The maximum atomic E-state index is 5.78. The number of para-hydroxylation sites is 1.